The summed E-state index contributed by atoms with van der Waals surface area (Å²) >= 11 is 0. The molecule has 0 bridgehead atoms. The van der Waals surface area contributed by atoms with Crippen LogP contribution in [0.2, 0.25) is 0 Å². The van der Waals surface area contributed by atoms with Crippen molar-refractivity contribution < 1.29 is 19.5 Å². The minimum atomic E-state index is -0.804. The zero-order chi connectivity index (χ0) is 27.9. The maximum atomic E-state index is 13.5. The molecule has 1 aliphatic heterocycles. The molecule has 200 valence electrons. The number of hydrogen-bond donors (Lipinski definition) is 2. The molecule has 1 saturated heterocycles. The van der Waals surface area contributed by atoms with Gasteiger partial charge in [-0.2, -0.15) is 0 Å². The van der Waals surface area contributed by atoms with E-state index in [0.29, 0.717) is 16.9 Å². The fourth-order valence-corrected chi connectivity index (χ4v) is 5.52. The lowest BCUT2D eigenvalue weighted by Gasteiger charge is -2.27. The molecule has 3 aromatic rings. The van der Waals surface area contributed by atoms with Crippen LogP contribution in [0.3, 0.4) is 0 Å². The number of rotatable bonds is 4. The van der Waals surface area contributed by atoms with Gasteiger partial charge in [0.2, 0.25) is 5.91 Å². The predicted molar refractivity (Wildman–Crippen MR) is 154 cm³/mol. The second-order valence-corrected chi connectivity index (χ2v) is 11.5. The van der Waals surface area contributed by atoms with Crippen LogP contribution in [-0.4, -0.2) is 22.7 Å². The van der Waals surface area contributed by atoms with Crippen molar-refractivity contribution in [3.8, 4) is 0 Å². The number of benzene rings is 3. The molecule has 2 N–H and O–H groups in total. The quantitative estimate of drug-likeness (QED) is 0.234. The van der Waals surface area contributed by atoms with E-state index < -0.39 is 17.7 Å². The van der Waals surface area contributed by atoms with E-state index in [2.05, 4.69) is 26.1 Å². The van der Waals surface area contributed by atoms with Gasteiger partial charge in [-0.25, -0.2) is 0 Å². The minimum Gasteiger partial charge on any atom is -0.507 e. The normalized spacial score (nSPS) is 18.7. The van der Waals surface area contributed by atoms with Crippen LogP contribution in [0.25, 0.3) is 5.76 Å². The molecule has 1 fully saturated rings. The molecule has 1 heterocycles. The highest BCUT2D eigenvalue weighted by Crippen LogP contribution is 2.43. The van der Waals surface area contributed by atoms with Crippen molar-refractivity contribution in [1.29, 1.82) is 0 Å². The highest BCUT2D eigenvalue weighted by molar-refractivity contribution is 6.51. The zero-order valence-corrected chi connectivity index (χ0v) is 22.9. The molecule has 39 heavy (non-hydrogen) atoms. The number of carbonyl (C=O) groups excluding carboxylic acids is 3. The molecular formula is C33H34N2O4. The number of nitrogens with zero attached hydrogens (tertiary/aromatic N) is 1. The van der Waals surface area contributed by atoms with Crippen LogP contribution < -0.4 is 10.2 Å². The molecular weight excluding hydrogens is 488 g/mol. The van der Waals surface area contributed by atoms with E-state index in [1.165, 1.54) is 23.0 Å². The molecule has 0 aromatic heterocycles. The van der Waals surface area contributed by atoms with Gasteiger partial charge in [-0.3, -0.25) is 19.3 Å². The molecule has 3 aromatic carbocycles. The van der Waals surface area contributed by atoms with Gasteiger partial charge in [-0.05, 0) is 83.7 Å². The van der Waals surface area contributed by atoms with Gasteiger partial charge in [0.1, 0.15) is 5.76 Å². The van der Waals surface area contributed by atoms with Crippen LogP contribution >= 0.6 is 0 Å². The van der Waals surface area contributed by atoms with E-state index in [-0.39, 0.29) is 22.7 Å². The van der Waals surface area contributed by atoms with Crippen LogP contribution in [0.15, 0.2) is 72.3 Å². The second kappa shape index (κ2) is 10.2. The minimum absolute atomic E-state index is 0.0665. The van der Waals surface area contributed by atoms with Crippen LogP contribution in [0.4, 0.5) is 11.4 Å². The Labute approximate surface area is 229 Å². The molecule has 6 heteroatoms. The van der Waals surface area contributed by atoms with Crippen molar-refractivity contribution in [3.63, 3.8) is 0 Å². The van der Waals surface area contributed by atoms with Crippen molar-refractivity contribution in [1.82, 2.24) is 0 Å². The summed E-state index contributed by atoms with van der Waals surface area (Å²) in [6.45, 7) is 7.80. The Morgan fingerprint density at radius 1 is 0.897 bits per heavy atom. The van der Waals surface area contributed by atoms with Gasteiger partial charge in [0, 0.05) is 23.9 Å². The van der Waals surface area contributed by atoms with E-state index in [1.54, 1.807) is 24.3 Å². The predicted octanol–water partition coefficient (Wildman–Crippen LogP) is 6.45. The number of nitrogens with one attached hydrogen (secondary N) is 1. The number of carbonyl (C=O) groups is 3. The number of hydrogen-bond acceptors (Lipinski definition) is 4. The third-order valence-electron chi connectivity index (χ3n) is 7.62. The maximum absolute atomic E-state index is 13.5. The molecule has 2 amide bonds. The fraction of sp³-hybridized carbons (Fsp3) is 0.303. The first-order valence-corrected chi connectivity index (χ1v) is 13.5. The van der Waals surface area contributed by atoms with Gasteiger partial charge in [0.25, 0.3) is 11.7 Å². The number of amides is 2. The first-order valence-electron chi connectivity index (χ1n) is 13.5. The summed E-state index contributed by atoms with van der Waals surface area (Å²) in [6.07, 6.45) is 4.18. The summed E-state index contributed by atoms with van der Waals surface area (Å²) in [5.74, 6) is -1.79. The lowest BCUT2D eigenvalue weighted by atomic mass is 9.85. The molecule has 1 unspecified atom stereocenters. The van der Waals surface area contributed by atoms with Gasteiger partial charge in [0.05, 0.1) is 11.6 Å². The average Bonchev–Trinajstić information content (AvgIpc) is 3.18. The van der Waals surface area contributed by atoms with Gasteiger partial charge in [-0.1, -0.05) is 57.2 Å². The highest BCUT2D eigenvalue weighted by atomic mass is 16.3. The van der Waals surface area contributed by atoms with Crippen LogP contribution in [0.1, 0.15) is 74.4 Å². The monoisotopic (exact) mass is 522 g/mol. The van der Waals surface area contributed by atoms with Crippen molar-refractivity contribution in [2.45, 2.75) is 64.8 Å². The smallest absolute Gasteiger partial charge is 0.300 e. The molecule has 0 radical (unpaired) electrons. The molecule has 1 aliphatic carbocycles. The van der Waals surface area contributed by atoms with E-state index in [1.807, 2.05) is 42.5 Å². The molecule has 0 saturated carbocycles. The molecule has 1 atom stereocenters. The summed E-state index contributed by atoms with van der Waals surface area (Å²) in [6, 6.07) is 19.7. The average molecular weight is 523 g/mol. The van der Waals surface area contributed by atoms with Crippen molar-refractivity contribution in [3.05, 3.63) is 100 Å². The Morgan fingerprint density at radius 3 is 2.15 bits per heavy atom. The third-order valence-corrected chi connectivity index (χ3v) is 7.62. The van der Waals surface area contributed by atoms with Crippen molar-refractivity contribution >= 4 is 34.7 Å². The fourth-order valence-electron chi connectivity index (χ4n) is 5.52. The topological polar surface area (TPSA) is 86.7 Å². The lowest BCUT2D eigenvalue weighted by Crippen LogP contribution is -2.29. The van der Waals surface area contributed by atoms with E-state index in [0.717, 1.165) is 36.8 Å². The SMILES string of the molecule is CC(=O)Nc1ccc(N2C(=O)C(=O)/C(=C(\O)c3ccc4c(c3)CCCC4)C2c2ccc(C(C)(C)C)cc2)cc1. The first kappa shape index (κ1) is 26.4. The van der Waals surface area contributed by atoms with Gasteiger partial charge in [-0.15, -0.1) is 0 Å². The molecule has 0 spiro atoms. The van der Waals surface area contributed by atoms with Crippen molar-refractivity contribution in [2.75, 3.05) is 10.2 Å². The lowest BCUT2D eigenvalue weighted by molar-refractivity contribution is -0.132. The van der Waals surface area contributed by atoms with Crippen molar-refractivity contribution in [2.24, 2.45) is 0 Å². The number of aliphatic hydroxyl groups is 1. The summed E-state index contributed by atoms with van der Waals surface area (Å²) in [4.78, 5) is 40.0. The van der Waals surface area contributed by atoms with Crippen LogP contribution in [-0.2, 0) is 32.6 Å². The number of fused-ring (bicyclic) bond motifs is 1. The summed E-state index contributed by atoms with van der Waals surface area (Å²) < 4.78 is 0. The van der Waals surface area contributed by atoms with Gasteiger partial charge in [0.15, 0.2) is 0 Å². The maximum Gasteiger partial charge on any atom is 0.300 e. The number of Topliss-reactive ketones (excluding diaryl/α,β-unsaturated/α-hetero) is 1. The highest BCUT2D eigenvalue weighted by Gasteiger charge is 2.47. The Balaban J connectivity index is 1.64. The van der Waals surface area contributed by atoms with E-state index in [9.17, 15) is 19.5 Å². The summed E-state index contributed by atoms with van der Waals surface area (Å²) in [5, 5.41) is 14.3. The van der Waals surface area contributed by atoms with Crippen LogP contribution in [0.5, 0.6) is 0 Å². The summed E-state index contributed by atoms with van der Waals surface area (Å²) in [5.41, 5.74) is 5.94. The third kappa shape index (κ3) is 5.11. The Kier molecular flexibility index (Phi) is 6.89. The van der Waals surface area contributed by atoms with Gasteiger partial charge < -0.3 is 10.4 Å². The Hall–Kier alpha value is -4.19. The summed E-state index contributed by atoms with van der Waals surface area (Å²) in [7, 11) is 0. The number of ketones is 1. The Bertz CT molecular complexity index is 1480. The second-order valence-electron chi connectivity index (χ2n) is 11.5. The Morgan fingerprint density at radius 2 is 1.54 bits per heavy atom. The van der Waals surface area contributed by atoms with E-state index in [4.69, 9.17) is 0 Å². The molecule has 5 rings (SSSR count). The van der Waals surface area contributed by atoms with E-state index >= 15 is 0 Å². The molecule has 2 aliphatic rings. The number of aryl methyl sites for hydroxylation is 2. The number of aliphatic hydroxyl groups excluding tert-OH is 1. The van der Waals surface area contributed by atoms with Crippen LogP contribution in [0, 0.1) is 0 Å². The number of anilines is 2. The first-order chi connectivity index (χ1) is 18.5. The zero-order valence-electron chi connectivity index (χ0n) is 22.9. The largest absolute Gasteiger partial charge is 0.507 e. The molecule has 6 nitrogen and oxygen atoms in total. The van der Waals surface area contributed by atoms with Gasteiger partial charge >= 0.3 is 0 Å². The standard InChI is InChI=1S/C33H34N2O4/c1-20(36)34-26-15-17-27(18-16-26)35-29(22-11-13-25(14-12-22)33(2,3)4)28(31(38)32(35)39)30(37)24-10-9-21-7-5-6-8-23(21)19-24/h9-19,29,37H,5-8H2,1-4H3,(H,34,36)/b30-28-.